The fourth-order valence-electron chi connectivity index (χ4n) is 1.47. The number of hydrogen-bond acceptors (Lipinski definition) is 4. The Bertz CT molecular complexity index is 521. The van der Waals surface area contributed by atoms with Crippen molar-refractivity contribution in [1.29, 1.82) is 0 Å². The number of rotatable bonds is 4. The fraction of sp³-hybridized carbons (Fsp3) is 0.300. The second-order valence-corrected chi connectivity index (χ2v) is 3.39. The van der Waals surface area contributed by atoms with E-state index in [4.69, 9.17) is 10.2 Å². The first-order chi connectivity index (χ1) is 7.72. The normalized spacial score (nSPS) is 10.8. The molecule has 16 heavy (non-hydrogen) atoms. The van der Waals surface area contributed by atoms with Crippen molar-refractivity contribution in [1.82, 2.24) is 14.6 Å². The lowest BCUT2D eigenvalue weighted by atomic mass is 10.2. The number of carbonyl (C=O) groups is 1. The number of carboxylic acids is 1. The molecular weight excluding hydrogens is 210 g/mol. The van der Waals surface area contributed by atoms with E-state index >= 15 is 0 Å². The highest BCUT2D eigenvalue weighted by Crippen LogP contribution is 2.08. The lowest BCUT2D eigenvalue weighted by Crippen LogP contribution is -2.01. The number of carboxylic acid groups (broad SMARTS) is 1. The highest BCUT2D eigenvalue weighted by atomic mass is 16.4. The van der Waals surface area contributed by atoms with Gasteiger partial charge in [0.25, 0.3) is 0 Å². The SMILES string of the molecule is O=C(O)c1ccc2nnc(CCCO)n2c1. The van der Waals surface area contributed by atoms with Crippen molar-refractivity contribution in [3.8, 4) is 0 Å². The summed E-state index contributed by atoms with van der Waals surface area (Å²) in [6, 6.07) is 3.10. The Balaban J connectivity index is 2.43. The van der Waals surface area contributed by atoms with Crippen LogP contribution in [0.15, 0.2) is 18.3 Å². The van der Waals surface area contributed by atoms with Crippen molar-refractivity contribution in [3.63, 3.8) is 0 Å². The third kappa shape index (κ3) is 1.87. The van der Waals surface area contributed by atoms with E-state index in [0.29, 0.717) is 24.3 Å². The van der Waals surface area contributed by atoms with Gasteiger partial charge in [-0.2, -0.15) is 0 Å². The molecule has 0 bridgehead atoms. The van der Waals surface area contributed by atoms with Crippen LogP contribution in [0.25, 0.3) is 5.65 Å². The molecule has 0 saturated heterocycles. The number of pyridine rings is 1. The molecule has 2 rings (SSSR count). The molecule has 0 amide bonds. The van der Waals surface area contributed by atoms with E-state index in [1.165, 1.54) is 12.3 Å². The minimum atomic E-state index is -0.983. The minimum Gasteiger partial charge on any atom is -0.478 e. The molecule has 0 aromatic carbocycles. The van der Waals surface area contributed by atoms with Gasteiger partial charge in [-0.15, -0.1) is 10.2 Å². The zero-order valence-electron chi connectivity index (χ0n) is 8.50. The third-order valence-corrected chi connectivity index (χ3v) is 2.28. The molecule has 2 N–H and O–H groups in total. The van der Waals surface area contributed by atoms with Crippen molar-refractivity contribution in [2.45, 2.75) is 12.8 Å². The molecule has 84 valence electrons. The summed E-state index contributed by atoms with van der Waals surface area (Å²) in [6.45, 7) is 0.0769. The molecule has 0 unspecified atom stereocenters. The average Bonchev–Trinajstić information content (AvgIpc) is 2.68. The van der Waals surface area contributed by atoms with E-state index < -0.39 is 5.97 Å². The maximum absolute atomic E-state index is 10.8. The van der Waals surface area contributed by atoms with Crippen LogP contribution in [0, 0.1) is 0 Å². The standard InChI is InChI=1S/C10H11N3O3/c14-5-1-2-8-11-12-9-4-3-7(10(15)16)6-13(8)9/h3-4,6,14H,1-2,5H2,(H,15,16). The summed E-state index contributed by atoms with van der Waals surface area (Å²) in [4.78, 5) is 10.8. The van der Waals surface area contributed by atoms with Crippen LogP contribution >= 0.6 is 0 Å². The summed E-state index contributed by atoms with van der Waals surface area (Å²) in [5.41, 5.74) is 0.801. The number of aromatic carboxylic acids is 1. The zero-order valence-corrected chi connectivity index (χ0v) is 8.50. The van der Waals surface area contributed by atoms with Crippen molar-refractivity contribution >= 4 is 11.6 Å². The maximum Gasteiger partial charge on any atom is 0.337 e. The molecule has 6 heteroatoms. The van der Waals surface area contributed by atoms with Gasteiger partial charge >= 0.3 is 5.97 Å². The van der Waals surface area contributed by atoms with Crippen LogP contribution in [0.3, 0.4) is 0 Å². The van der Waals surface area contributed by atoms with Crippen molar-refractivity contribution in [2.75, 3.05) is 6.61 Å². The predicted octanol–water partition coefficient (Wildman–Crippen LogP) is 0.352. The number of aromatic nitrogens is 3. The Morgan fingerprint density at radius 1 is 1.38 bits per heavy atom. The number of aliphatic hydroxyl groups is 1. The lowest BCUT2D eigenvalue weighted by Gasteiger charge is -1.99. The first-order valence-electron chi connectivity index (χ1n) is 4.90. The molecule has 0 aliphatic rings. The molecule has 0 atom stereocenters. The van der Waals surface area contributed by atoms with Crippen LogP contribution in [-0.4, -0.2) is 37.4 Å². The molecule has 2 aromatic rings. The Morgan fingerprint density at radius 3 is 2.88 bits per heavy atom. The van der Waals surface area contributed by atoms with Crippen LogP contribution in [-0.2, 0) is 6.42 Å². The average molecular weight is 221 g/mol. The van der Waals surface area contributed by atoms with Crippen LogP contribution in [0.4, 0.5) is 0 Å². The van der Waals surface area contributed by atoms with E-state index in [1.807, 2.05) is 0 Å². The number of nitrogens with zero attached hydrogens (tertiary/aromatic N) is 3. The van der Waals surface area contributed by atoms with Crippen LogP contribution < -0.4 is 0 Å². The molecule has 0 fully saturated rings. The van der Waals surface area contributed by atoms with Gasteiger partial charge in [-0.25, -0.2) is 4.79 Å². The van der Waals surface area contributed by atoms with Crippen LogP contribution in [0.1, 0.15) is 22.6 Å². The lowest BCUT2D eigenvalue weighted by molar-refractivity contribution is 0.0696. The highest BCUT2D eigenvalue weighted by molar-refractivity contribution is 5.87. The first kappa shape index (κ1) is 10.6. The highest BCUT2D eigenvalue weighted by Gasteiger charge is 2.08. The van der Waals surface area contributed by atoms with E-state index in [9.17, 15) is 4.79 Å². The molecular formula is C10H11N3O3. The smallest absolute Gasteiger partial charge is 0.337 e. The fourth-order valence-corrected chi connectivity index (χ4v) is 1.47. The summed E-state index contributed by atoms with van der Waals surface area (Å²) in [5.74, 6) is -0.323. The van der Waals surface area contributed by atoms with E-state index in [0.717, 1.165) is 0 Å². The van der Waals surface area contributed by atoms with Crippen molar-refractivity contribution in [2.24, 2.45) is 0 Å². The Labute approximate surface area is 91.2 Å². The van der Waals surface area contributed by atoms with Gasteiger partial charge in [0.1, 0.15) is 5.82 Å². The monoisotopic (exact) mass is 221 g/mol. The molecule has 0 aliphatic carbocycles. The van der Waals surface area contributed by atoms with Crippen LogP contribution in [0.5, 0.6) is 0 Å². The first-order valence-corrected chi connectivity index (χ1v) is 4.90. The van der Waals surface area contributed by atoms with Crippen LogP contribution in [0.2, 0.25) is 0 Å². The number of fused-ring (bicyclic) bond motifs is 1. The number of aryl methyl sites for hydroxylation is 1. The van der Waals surface area contributed by atoms with Gasteiger partial charge in [-0.05, 0) is 18.6 Å². The van der Waals surface area contributed by atoms with Gasteiger partial charge in [-0.1, -0.05) is 0 Å². The van der Waals surface area contributed by atoms with E-state index in [1.54, 1.807) is 10.5 Å². The second-order valence-electron chi connectivity index (χ2n) is 3.39. The molecule has 0 spiro atoms. The molecule has 2 heterocycles. The molecule has 2 aromatic heterocycles. The van der Waals surface area contributed by atoms with Crippen molar-refractivity contribution in [3.05, 3.63) is 29.7 Å². The molecule has 0 saturated carbocycles. The van der Waals surface area contributed by atoms with Gasteiger partial charge in [0.05, 0.1) is 5.56 Å². The van der Waals surface area contributed by atoms with E-state index in [-0.39, 0.29) is 12.2 Å². The second kappa shape index (κ2) is 4.28. The number of hydrogen-bond donors (Lipinski definition) is 2. The third-order valence-electron chi connectivity index (χ3n) is 2.28. The van der Waals surface area contributed by atoms with Gasteiger partial charge in [-0.3, -0.25) is 4.40 Å². The quantitative estimate of drug-likeness (QED) is 0.777. The minimum absolute atomic E-state index is 0.0769. The summed E-state index contributed by atoms with van der Waals surface area (Å²) < 4.78 is 1.64. The summed E-state index contributed by atoms with van der Waals surface area (Å²) in [5, 5.41) is 25.4. The maximum atomic E-state index is 10.8. The summed E-state index contributed by atoms with van der Waals surface area (Å²) in [6.07, 6.45) is 2.64. The van der Waals surface area contributed by atoms with E-state index in [2.05, 4.69) is 10.2 Å². The molecule has 0 aliphatic heterocycles. The van der Waals surface area contributed by atoms with Crippen molar-refractivity contribution < 1.29 is 15.0 Å². The van der Waals surface area contributed by atoms with Gasteiger partial charge < -0.3 is 10.2 Å². The Hall–Kier alpha value is -1.95. The van der Waals surface area contributed by atoms with Gasteiger partial charge in [0.2, 0.25) is 0 Å². The number of aliphatic hydroxyl groups excluding tert-OH is 1. The molecule has 0 radical (unpaired) electrons. The summed E-state index contributed by atoms with van der Waals surface area (Å²) in [7, 11) is 0. The Morgan fingerprint density at radius 2 is 2.19 bits per heavy atom. The van der Waals surface area contributed by atoms with Gasteiger partial charge in [0.15, 0.2) is 5.65 Å². The largest absolute Gasteiger partial charge is 0.478 e. The predicted molar refractivity (Wildman–Crippen MR) is 55.4 cm³/mol. The molecule has 6 nitrogen and oxygen atoms in total. The zero-order chi connectivity index (χ0) is 11.5. The topological polar surface area (TPSA) is 87.7 Å². The van der Waals surface area contributed by atoms with Gasteiger partial charge in [0, 0.05) is 19.2 Å². The Kier molecular flexibility index (Phi) is 2.82. The summed E-state index contributed by atoms with van der Waals surface area (Å²) >= 11 is 0.